The number of hydrogen-bond acceptors (Lipinski definition) is 7. The van der Waals surface area contributed by atoms with Gasteiger partial charge in [0.15, 0.2) is 0 Å². The molecule has 1 N–H and O–H groups in total. The molecular weight excluding hydrogens is 585 g/mol. The molecule has 2 aromatic carbocycles. The maximum absolute atomic E-state index is 14.0. The Morgan fingerprint density at radius 1 is 1.07 bits per heavy atom. The van der Waals surface area contributed by atoms with Crippen molar-refractivity contribution in [2.24, 2.45) is 5.92 Å². The number of nitrogens with one attached hydrogen (secondary N) is 1. The average Bonchev–Trinajstić information content (AvgIpc) is 2.88. The standard InChI is InChI=1S/C30H33F3N4O5S/c1-17(2)11-22-16-41-26-15-25(27-18(3)7-5-8-19(27)4)34-29(35-26)36-43(39,40)24-10-6-9-20(12-24)28(38)37(22)21-13-23(14-21)42-30(31,32)33/h5-10,12,15,17,21-23H,11,13-14,16H2,1-4H3,(H,34,35,36)/t21?,22-,23?/m1/s1. The maximum atomic E-state index is 14.0. The number of nitrogens with zero attached hydrogens (tertiary/aromatic N) is 3. The molecule has 43 heavy (non-hydrogen) atoms. The number of hydrogen-bond donors (Lipinski definition) is 1. The zero-order chi connectivity index (χ0) is 31.1. The van der Waals surface area contributed by atoms with Crippen LogP contribution in [0, 0.1) is 19.8 Å². The number of alkyl halides is 3. The van der Waals surface area contributed by atoms with Gasteiger partial charge < -0.3 is 9.64 Å². The van der Waals surface area contributed by atoms with Gasteiger partial charge in [0.1, 0.15) is 6.61 Å². The van der Waals surface area contributed by atoms with Crippen LogP contribution in [0.25, 0.3) is 11.3 Å². The Labute approximate surface area is 248 Å². The van der Waals surface area contributed by atoms with Crippen molar-refractivity contribution in [2.75, 3.05) is 11.3 Å². The second-order valence-electron chi connectivity index (χ2n) is 11.4. The molecule has 0 radical (unpaired) electrons. The van der Waals surface area contributed by atoms with E-state index in [0.29, 0.717) is 12.1 Å². The van der Waals surface area contributed by atoms with Crippen LogP contribution < -0.4 is 9.46 Å². The van der Waals surface area contributed by atoms with Gasteiger partial charge in [-0.05, 0) is 68.4 Å². The molecule has 13 heteroatoms. The molecule has 0 spiro atoms. The summed E-state index contributed by atoms with van der Waals surface area (Å²) < 4.78 is 78.3. The van der Waals surface area contributed by atoms with Crippen molar-refractivity contribution in [3.63, 3.8) is 0 Å². The van der Waals surface area contributed by atoms with Crippen molar-refractivity contribution < 1.29 is 35.9 Å². The summed E-state index contributed by atoms with van der Waals surface area (Å²) in [5.41, 5.74) is 3.15. The molecule has 0 unspecified atom stereocenters. The first-order valence-electron chi connectivity index (χ1n) is 14.0. The van der Waals surface area contributed by atoms with Crippen LogP contribution in [0.3, 0.4) is 0 Å². The fraction of sp³-hybridized carbons (Fsp3) is 0.433. The van der Waals surface area contributed by atoms with Crippen molar-refractivity contribution >= 4 is 21.9 Å². The number of fused-ring (bicyclic) bond motifs is 4. The van der Waals surface area contributed by atoms with Crippen LogP contribution in [-0.4, -0.2) is 60.3 Å². The van der Waals surface area contributed by atoms with Gasteiger partial charge in [0.05, 0.1) is 22.7 Å². The summed E-state index contributed by atoms with van der Waals surface area (Å²) >= 11 is 0. The lowest BCUT2D eigenvalue weighted by Gasteiger charge is -2.46. The lowest BCUT2D eigenvalue weighted by Crippen LogP contribution is -2.57. The molecule has 2 heterocycles. The van der Waals surface area contributed by atoms with Gasteiger partial charge in [-0.15, -0.1) is 13.2 Å². The number of aryl methyl sites for hydroxylation is 2. The molecule has 1 aromatic heterocycles. The third-order valence-corrected chi connectivity index (χ3v) is 8.94. The third kappa shape index (κ3) is 6.93. The molecule has 2 aliphatic rings. The predicted octanol–water partition coefficient (Wildman–Crippen LogP) is 5.88. The summed E-state index contributed by atoms with van der Waals surface area (Å²) in [6.07, 6.45) is -5.43. The van der Waals surface area contributed by atoms with E-state index in [0.717, 1.165) is 16.7 Å². The number of carbonyl (C=O) groups excluding carboxylic acids is 1. The van der Waals surface area contributed by atoms with Crippen LogP contribution in [0.5, 0.6) is 5.88 Å². The molecule has 4 bridgehead atoms. The van der Waals surface area contributed by atoms with Crippen LogP contribution in [0.4, 0.5) is 19.1 Å². The highest BCUT2D eigenvalue weighted by Crippen LogP contribution is 2.37. The Bertz CT molecular complexity index is 1600. The molecule has 1 aliphatic heterocycles. The van der Waals surface area contributed by atoms with Gasteiger partial charge in [-0.3, -0.25) is 9.53 Å². The van der Waals surface area contributed by atoms with Gasteiger partial charge in [0.25, 0.3) is 15.9 Å². The largest absolute Gasteiger partial charge is 0.522 e. The number of benzene rings is 2. The van der Waals surface area contributed by atoms with Crippen molar-refractivity contribution in [3.05, 3.63) is 65.2 Å². The fourth-order valence-electron chi connectivity index (χ4n) is 5.68. The van der Waals surface area contributed by atoms with Gasteiger partial charge >= 0.3 is 6.36 Å². The molecule has 9 nitrogen and oxygen atoms in total. The van der Waals surface area contributed by atoms with Crippen LogP contribution in [0.15, 0.2) is 53.4 Å². The van der Waals surface area contributed by atoms with Crippen molar-refractivity contribution in [2.45, 2.75) is 76.4 Å². The number of aromatic nitrogens is 2. The first kappa shape index (κ1) is 30.7. The van der Waals surface area contributed by atoms with E-state index in [1.807, 2.05) is 45.9 Å². The van der Waals surface area contributed by atoms with E-state index in [2.05, 4.69) is 19.4 Å². The predicted molar refractivity (Wildman–Crippen MR) is 153 cm³/mol. The number of carbonyl (C=O) groups is 1. The maximum Gasteiger partial charge on any atom is 0.522 e. The SMILES string of the molecule is Cc1cccc(C)c1-c1cc2nc(n1)NS(=O)(=O)c1cccc(c1)C(=O)N(C1CC(OC(F)(F)F)C1)[C@H](CC(C)C)CO2. The molecule has 0 saturated heterocycles. The van der Waals surface area contributed by atoms with Gasteiger partial charge in [0, 0.05) is 23.2 Å². The van der Waals surface area contributed by atoms with E-state index in [1.54, 1.807) is 6.07 Å². The van der Waals surface area contributed by atoms with E-state index < -0.39 is 40.5 Å². The first-order valence-corrected chi connectivity index (χ1v) is 15.5. The van der Waals surface area contributed by atoms with E-state index in [-0.39, 0.29) is 47.7 Å². The summed E-state index contributed by atoms with van der Waals surface area (Å²) in [5.74, 6) is -0.518. The van der Waals surface area contributed by atoms with Crippen LogP contribution in [0.2, 0.25) is 0 Å². The highest BCUT2D eigenvalue weighted by atomic mass is 32.2. The van der Waals surface area contributed by atoms with Gasteiger partial charge in [-0.25, -0.2) is 18.1 Å². The molecule has 1 fully saturated rings. The zero-order valence-corrected chi connectivity index (χ0v) is 25.0. The molecule has 1 atom stereocenters. The summed E-state index contributed by atoms with van der Waals surface area (Å²) in [6.45, 7) is 7.75. The minimum Gasteiger partial charge on any atom is -0.475 e. The number of halogens is 3. The van der Waals surface area contributed by atoms with Gasteiger partial charge in [0.2, 0.25) is 11.8 Å². The lowest BCUT2D eigenvalue weighted by atomic mass is 9.85. The monoisotopic (exact) mass is 618 g/mol. The Kier molecular flexibility index (Phi) is 8.41. The van der Waals surface area contributed by atoms with Gasteiger partial charge in [-0.2, -0.15) is 4.98 Å². The second-order valence-corrected chi connectivity index (χ2v) is 13.1. The van der Waals surface area contributed by atoms with Crippen molar-refractivity contribution in [3.8, 4) is 17.1 Å². The smallest absolute Gasteiger partial charge is 0.475 e. The number of rotatable bonds is 5. The van der Waals surface area contributed by atoms with Crippen molar-refractivity contribution in [1.82, 2.24) is 14.9 Å². The summed E-state index contributed by atoms with van der Waals surface area (Å²) in [7, 11) is -4.24. The fourth-order valence-corrected chi connectivity index (χ4v) is 6.67. The quantitative estimate of drug-likeness (QED) is 0.380. The third-order valence-electron chi connectivity index (χ3n) is 7.62. The number of sulfonamides is 1. The Morgan fingerprint density at radius 3 is 2.40 bits per heavy atom. The highest BCUT2D eigenvalue weighted by Gasteiger charge is 2.45. The normalized spacial score (nSPS) is 22.0. The minimum absolute atomic E-state index is 0.0201. The Balaban J connectivity index is 1.61. The molecule has 5 rings (SSSR count). The van der Waals surface area contributed by atoms with E-state index in [1.165, 1.54) is 29.2 Å². The topological polar surface area (TPSA) is 111 Å². The number of ether oxygens (including phenoxy) is 2. The lowest BCUT2D eigenvalue weighted by molar-refractivity contribution is -0.353. The average molecular weight is 619 g/mol. The molecule has 230 valence electrons. The second kappa shape index (κ2) is 11.8. The van der Waals surface area contributed by atoms with E-state index >= 15 is 0 Å². The van der Waals surface area contributed by atoms with Gasteiger partial charge in [-0.1, -0.05) is 38.1 Å². The highest BCUT2D eigenvalue weighted by molar-refractivity contribution is 7.92. The van der Waals surface area contributed by atoms with Crippen LogP contribution in [0.1, 0.15) is 54.6 Å². The summed E-state index contributed by atoms with van der Waals surface area (Å²) in [4.78, 5) is 24.2. The summed E-state index contributed by atoms with van der Waals surface area (Å²) in [5, 5.41) is 0. The first-order chi connectivity index (χ1) is 20.2. The molecule has 1 aliphatic carbocycles. The minimum atomic E-state index is -4.78. The van der Waals surface area contributed by atoms with Crippen molar-refractivity contribution in [1.29, 1.82) is 0 Å². The molecular formula is C30H33F3N4O5S. The Hall–Kier alpha value is -3.71. The Morgan fingerprint density at radius 2 is 1.74 bits per heavy atom. The van der Waals surface area contributed by atoms with E-state index in [9.17, 15) is 26.4 Å². The molecule has 1 amide bonds. The van der Waals surface area contributed by atoms with Crippen LogP contribution >= 0.6 is 0 Å². The van der Waals surface area contributed by atoms with E-state index in [4.69, 9.17) is 4.74 Å². The molecule has 3 aromatic rings. The number of amides is 1. The summed E-state index contributed by atoms with van der Waals surface area (Å²) in [6, 6.07) is 11.8. The zero-order valence-electron chi connectivity index (χ0n) is 24.2. The number of anilines is 1. The molecule has 1 saturated carbocycles. The van der Waals surface area contributed by atoms with Crippen LogP contribution in [-0.2, 0) is 14.8 Å².